The smallest absolute Gasteiger partial charge is 0.297 e. The van der Waals surface area contributed by atoms with Crippen molar-refractivity contribution in [3.05, 3.63) is 29.8 Å². The summed E-state index contributed by atoms with van der Waals surface area (Å²) in [4.78, 5) is 0.196. The Morgan fingerprint density at radius 1 is 1.14 bits per heavy atom. The molecule has 1 atom stereocenters. The molecule has 1 aromatic rings. The molecule has 0 bridgehead atoms. The number of aryl methyl sites for hydroxylation is 1. The number of ether oxygens (including phenoxy) is 1. The van der Waals surface area contributed by atoms with E-state index in [2.05, 4.69) is 19.6 Å². The third kappa shape index (κ3) is 6.73. The molecule has 21 heavy (non-hydrogen) atoms. The Labute approximate surface area is 129 Å². The Balaban J connectivity index is 2.72. The molecule has 0 aromatic heterocycles. The molecular weight excluding hydrogens is 304 g/mol. The van der Waals surface area contributed by atoms with Gasteiger partial charge in [-0.2, -0.15) is 8.42 Å². The first-order valence-corrected chi connectivity index (χ1v) is 12.3. The van der Waals surface area contributed by atoms with E-state index in [-0.39, 0.29) is 11.5 Å². The molecule has 0 saturated heterocycles. The maximum Gasteiger partial charge on any atom is 0.297 e. The molecule has 0 saturated carbocycles. The summed E-state index contributed by atoms with van der Waals surface area (Å²) >= 11 is 0. The maximum absolute atomic E-state index is 12.1. The minimum Gasteiger partial charge on any atom is -0.382 e. The maximum atomic E-state index is 12.1. The Kier molecular flexibility index (Phi) is 6.59. The highest BCUT2D eigenvalue weighted by atomic mass is 32.2. The number of benzene rings is 1. The molecule has 0 aliphatic heterocycles. The quantitative estimate of drug-likeness (QED) is 0.542. The summed E-state index contributed by atoms with van der Waals surface area (Å²) < 4.78 is 34.1. The summed E-state index contributed by atoms with van der Waals surface area (Å²) in [5.41, 5.74) is 1.17. The summed E-state index contributed by atoms with van der Waals surface area (Å²) in [6.45, 7) is 8.90. The normalized spacial score (nSPS) is 14.1. The van der Waals surface area contributed by atoms with Gasteiger partial charge >= 0.3 is 0 Å². The number of rotatable bonds is 8. The van der Waals surface area contributed by atoms with Crippen LogP contribution < -0.4 is 0 Å². The third-order valence-electron chi connectivity index (χ3n) is 3.07. The molecule has 0 heterocycles. The van der Waals surface area contributed by atoms with Gasteiger partial charge in [0.25, 0.3) is 10.1 Å². The second-order valence-corrected chi connectivity index (χ2v) is 13.7. The topological polar surface area (TPSA) is 52.6 Å². The van der Waals surface area contributed by atoms with E-state index in [1.54, 1.807) is 19.1 Å². The van der Waals surface area contributed by atoms with E-state index >= 15 is 0 Å². The monoisotopic (exact) mass is 330 g/mol. The van der Waals surface area contributed by atoms with E-state index in [9.17, 15) is 8.42 Å². The molecule has 1 aromatic carbocycles. The van der Waals surface area contributed by atoms with Crippen LogP contribution in [0, 0.1) is 0 Å². The summed E-state index contributed by atoms with van der Waals surface area (Å²) in [6, 6.07) is 8.18. The highest BCUT2D eigenvalue weighted by Gasteiger charge is 2.19. The Morgan fingerprint density at radius 3 is 2.19 bits per heavy atom. The van der Waals surface area contributed by atoms with Crippen molar-refractivity contribution >= 4 is 18.2 Å². The lowest BCUT2D eigenvalue weighted by Crippen LogP contribution is -2.20. The highest BCUT2D eigenvalue weighted by molar-refractivity contribution is 7.86. The van der Waals surface area contributed by atoms with Gasteiger partial charge in [-0.1, -0.05) is 37.8 Å². The van der Waals surface area contributed by atoms with Crippen molar-refractivity contribution in [2.45, 2.75) is 50.0 Å². The van der Waals surface area contributed by atoms with Crippen molar-refractivity contribution in [3.8, 4) is 0 Å². The molecule has 6 heteroatoms. The fourth-order valence-electron chi connectivity index (χ4n) is 1.88. The highest BCUT2D eigenvalue weighted by Crippen LogP contribution is 2.18. The average Bonchev–Trinajstić information content (AvgIpc) is 2.35. The first-order chi connectivity index (χ1) is 9.64. The number of hydrogen-bond acceptors (Lipinski definition) is 4. The molecule has 0 aliphatic carbocycles. The van der Waals surface area contributed by atoms with Gasteiger partial charge in [0.2, 0.25) is 0 Å². The minimum atomic E-state index is -3.71. The zero-order valence-corrected chi connectivity index (χ0v) is 15.4. The third-order valence-corrected chi connectivity index (χ3v) is 6.25. The van der Waals surface area contributed by atoms with E-state index in [0.717, 1.165) is 6.42 Å². The molecular formula is C15H26O4SSi. The van der Waals surface area contributed by atoms with E-state index in [4.69, 9.17) is 8.92 Å². The number of hydrogen-bond donors (Lipinski definition) is 0. The van der Waals surface area contributed by atoms with Crippen LogP contribution in [0.4, 0.5) is 0 Å². The summed E-state index contributed by atoms with van der Waals surface area (Å²) in [5, 5.41) is 0. The van der Waals surface area contributed by atoms with Gasteiger partial charge in [0.15, 0.2) is 0 Å². The van der Waals surface area contributed by atoms with E-state index in [0.29, 0.717) is 0 Å². The van der Waals surface area contributed by atoms with E-state index in [1.165, 1.54) is 18.7 Å². The van der Waals surface area contributed by atoms with Crippen molar-refractivity contribution in [2.24, 2.45) is 0 Å². The largest absolute Gasteiger partial charge is 0.382 e. The molecule has 0 amide bonds. The first kappa shape index (κ1) is 18.4. The van der Waals surface area contributed by atoms with Crippen molar-refractivity contribution in [2.75, 3.05) is 13.7 Å². The van der Waals surface area contributed by atoms with Crippen molar-refractivity contribution in [1.29, 1.82) is 0 Å². The van der Waals surface area contributed by atoms with Crippen LogP contribution in [0.3, 0.4) is 0 Å². The molecule has 0 aliphatic rings. The summed E-state index contributed by atoms with van der Waals surface area (Å²) in [7, 11) is -3.28. The standard InChI is InChI=1S/C15H26O4SSi/c1-13(12-18-2)19-20(16,17)15-8-6-14(7-9-15)10-11-21(3,4)5/h6-9,13H,10-12H2,1-5H3. The van der Waals surface area contributed by atoms with Crippen LogP contribution in [0.2, 0.25) is 25.7 Å². The zero-order chi connectivity index (χ0) is 16.1. The molecule has 0 radical (unpaired) electrons. The van der Waals surface area contributed by atoms with Crippen LogP contribution >= 0.6 is 0 Å². The van der Waals surface area contributed by atoms with Gasteiger partial charge < -0.3 is 4.74 Å². The lowest BCUT2D eigenvalue weighted by Gasteiger charge is -2.15. The molecule has 1 rings (SSSR count). The zero-order valence-electron chi connectivity index (χ0n) is 13.5. The number of methoxy groups -OCH3 is 1. The molecule has 0 fully saturated rings. The van der Waals surface area contributed by atoms with Crippen LogP contribution in [0.15, 0.2) is 29.2 Å². The fourth-order valence-corrected chi connectivity index (χ4v) is 3.98. The van der Waals surface area contributed by atoms with Gasteiger partial charge in [0.05, 0.1) is 17.6 Å². The molecule has 0 spiro atoms. The van der Waals surface area contributed by atoms with Gasteiger partial charge in [0, 0.05) is 15.2 Å². The lowest BCUT2D eigenvalue weighted by molar-refractivity contribution is 0.0962. The summed E-state index contributed by atoms with van der Waals surface area (Å²) in [5.74, 6) is 0. The summed E-state index contributed by atoms with van der Waals surface area (Å²) in [6.07, 6.45) is 0.503. The van der Waals surface area contributed by atoms with E-state index in [1.807, 2.05) is 12.1 Å². The van der Waals surface area contributed by atoms with Gasteiger partial charge in [-0.05, 0) is 31.0 Å². The minimum absolute atomic E-state index is 0.196. The predicted octanol–water partition coefficient (Wildman–Crippen LogP) is 3.31. The van der Waals surface area contributed by atoms with Gasteiger partial charge in [-0.25, -0.2) is 0 Å². The Bertz CT molecular complexity index is 532. The van der Waals surface area contributed by atoms with Crippen molar-refractivity contribution in [1.82, 2.24) is 0 Å². The van der Waals surface area contributed by atoms with Gasteiger partial charge in [-0.15, -0.1) is 0 Å². The second kappa shape index (κ2) is 7.53. The Hall–Kier alpha value is -0.693. The SMILES string of the molecule is COCC(C)OS(=O)(=O)c1ccc(CC[Si](C)(C)C)cc1. The first-order valence-electron chi connectivity index (χ1n) is 7.15. The van der Waals surface area contributed by atoms with Crippen LogP contribution in [-0.2, 0) is 25.5 Å². The van der Waals surface area contributed by atoms with Crippen molar-refractivity contribution < 1.29 is 17.3 Å². The predicted molar refractivity (Wildman–Crippen MR) is 87.9 cm³/mol. The molecule has 0 N–H and O–H groups in total. The van der Waals surface area contributed by atoms with Crippen LogP contribution in [0.1, 0.15) is 12.5 Å². The second-order valence-electron chi connectivity index (χ2n) is 6.52. The van der Waals surface area contributed by atoms with Gasteiger partial charge in [-0.3, -0.25) is 4.18 Å². The molecule has 120 valence electrons. The molecule has 4 nitrogen and oxygen atoms in total. The fraction of sp³-hybridized carbons (Fsp3) is 0.600. The van der Waals surface area contributed by atoms with Crippen LogP contribution in [0.25, 0.3) is 0 Å². The van der Waals surface area contributed by atoms with Crippen LogP contribution in [-0.4, -0.2) is 36.3 Å². The lowest BCUT2D eigenvalue weighted by atomic mass is 10.2. The van der Waals surface area contributed by atoms with Crippen LogP contribution in [0.5, 0.6) is 0 Å². The van der Waals surface area contributed by atoms with Gasteiger partial charge in [0.1, 0.15) is 0 Å². The average molecular weight is 331 g/mol. The molecule has 1 unspecified atom stereocenters. The Morgan fingerprint density at radius 2 is 1.71 bits per heavy atom. The van der Waals surface area contributed by atoms with E-state index < -0.39 is 24.3 Å². The van der Waals surface area contributed by atoms with Crippen molar-refractivity contribution in [3.63, 3.8) is 0 Å².